The van der Waals surface area contributed by atoms with Gasteiger partial charge in [-0.25, -0.2) is 0 Å². The third-order valence-electron chi connectivity index (χ3n) is 4.53. The Morgan fingerprint density at radius 3 is 2.34 bits per heavy atom. The second kappa shape index (κ2) is 10.3. The summed E-state index contributed by atoms with van der Waals surface area (Å²) < 4.78 is 16.8. The van der Waals surface area contributed by atoms with E-state index in [2.05, 4.69) is 38.2 Å². The van der Waals surface area contributed by atoms with Gasteiger partial charge in [-0.1, -0.05) is 32.9 Å². The van der Waals surface area contributed by atoms with Crippen LogP contribution >= 0.6 is 0 Å². The number of carbonyl (C=O) groups is 1. The SMILES string of the molecule is CCOc1ccc(C(=O)N[C@@H](C)COC)cc1COc1ccc(C(C)(C)C)cc1. The van der Waals surface area contributed by atoms with Crippen LogP contribution in [0.15, 0.2) is 42.5 Å². The maximum absolute atomic E-state index is 12.5. The number of nitrogens with one attached hydrogen (secondary N) is 1. The molecule has 0 radical (unpaired) electrons. The molecule has 2 aromatic carbocycles. The number of rotatable bonds is 9. The minimum atomic E-state index is -0.145. The van der Waals surface area contributed by atoms with E-state index in [4.69, 9.17) is 14.2 Å². The van der Waals surface area contributed by atoms with Crippen LogP contribution in [-0.2, 0) is 16.8 Å². The van der Waals surface area contributed by atoms with Crippen LogP contribution < -0.4 is 14.8 Å². The van der Waals surface area contributed by atoms with E-state index in [9.17, 15) is 4.79 Å². The highest BCUT2D eigenvalue weighted by Gasteiger charge is 2.15. The Bertz CT molecular complexity index is 794. The lowest BCUT2D eigenvalue weighted by Gasteiger charge is -2.19. The molecule has 2 aromatic rings. The van der Waals surface area contributed by atoms with Crippen molar-refractivity contribution in [1.29, 1.82) is 0 Å². The van der Waals surface area contributed by atoms with Gasteiger partial charge in [0.1, 0.15) is 18.1 Å². The summed E-state index contributed by atoms with van der Waals surface area (Å²) in [7, 11) is 1.61. The van der Waals surface area contributed by atoms with Gasteiger partial charge in [0.05, 0.1) is 13.2 Å². The van der Waals surface area contributed by atoms with Gasteiger partial charge in [0, 0.05) is 24.3 Å². The molecule has 5 heteroatoms. The standard InChI is InChI=1S/C24H33NO4/c1-7-28-22-13-8-18(23(26)25-17(2)15-27-6)14-19(22)16-29-21-11-9-20(10-12-21)24(3,4)5/h8-14,17H,7,15-16H2,1-6H3,(H,25,26)/t17-/m0/s1. The Balaban J connectivity index is 2.13. The van der Waals surface area contributed by atoms with Crippen LogP contribution in [0.25, 0.3) is 0 Å². The van der Waals surface area contributed by atoms with E-state index < -0.39 is 0 Å². The van der Waals surface area contributed by atoms with Crippen LogP contribution in [0.2, 0.25) is 0 Å². The maximum Gasteiger partial charge on any atom is 0.251 e. The molecule has 0 saturated carbocycles. The predicted octanol–water partition coefficient (Wildman–Crippen LogP) is 4.73. The summed E-state index contributed by atoms with van der Waals surface area (Å²) in [5, 5.41) is 2.92. The van der Waals surface area contributed by atoms with E-state index in [-0.39, 0.29) is 17.4 Å². The third-order valence-corrected chi connectivity index (χ3v) is 4.53. The molecule has 5 nitrogen and oxygen atoms in total. The van der Waals surface area contributed by atoms with Crippen LogP contribution in [0.3, 0.4) is 0 Å². The molecule has 0 bridgehead atoms. The summed E-state index contributed by atoms with van der Waals surface area (Å²) in [6.07, 6.45) is 0. The largest absolute Gasteiger partial charge is 0.493 e. The number of ether oxygens (including phenoxy) is 3. The van der Waals surface area contributed by atoms with Crippen molar-refractivity contribution in [3.63, 3.8) is 0 Å². The van der Waals surface area contributed by atoms with E-state index in [0.29, 0.717) is 25.4 Å². The van der Waals surface area contributed by atoms with Gasteiger partial charge in [0.15, 0.2) is 0 Å². The molecule has 0 aliphatic carbocycles. The molecular weight excluding hydrogens is 366 g/mol. The minimum absolute atomic E-state index is 0.0694. The molecule has 0 saturated heterocycles. The van der Waals surface area contributed by atoms with Crippen LogP contribution in [0.4, 0.5) is 0 Å². The fourth-order valence-corrected chi connectivity index (χ4v) is 2.94. The monoisotopic (exact) mass is 399 g/mol. The number of hydrogen-bond acceptors (Lipinski definition) is 4. The molecule has 1 amide bonds. The Kier molecular flexibility index (Phi) is 8.09. The van der Waals surface area contributed by atoms with E-state index in [1.165, 1.54) is 5.56 Å². The number of carbonyl (C=O) groups excluding carboxylic acids is 1. The summed E-state index contributed by atoms with van der Waals surface area (Å²) in [5.41, 5.74) is 2.75. The first-order valence-electron chi connectivity index (χ1n) is 10.0. The second-order valence-corrected chi connectivity index (χ2v) is 8.15. The van der Waals surface area contributed by atoms with E-state index in [1.807, 2.05) is 38.1 Å². The first kappa shape index (κ1) is 22.8. The quantitative estimate of drug-likeness (QED) is 0.662. The summed E-state index contributed by atoms with van der Waals surface area (Å²) in [6.45, 7) is 11.7. The highest BCUT2D eigenvalue weighted by atomic mass is 16.5. The summed E-state index contributed by atoms with van der Waals surface area (Å²) in [6, 6.07) is 13.5. The van der Waals surface area contributed by atoms with E-state index in [0.717, 1.165) is 17.1 Å². The van der Waals surface area contributed by atoms with Gasteiger partial charge in [-0.05, 0) is 55.2 Å². The lowest BCUT2D eigenvalue weighted by atomic mass is 9.87. The highest BCUT2D eigenvalue weighted by Crippen LogP contribution is 2.26. The molecule has 1 atom stereocenters. The Hall–Kier alpha value is -2.53. The van der Waals surface area contributed by atoms with Crippen molar-refractivity contribution in [3.8, 4) is 11.5 Å². The maximum atomic E-state index is 12.5. The molecule has 29 heavy (non-hydrogen) atoms. The highest BCUT2D eigenvalue weighted by molar-refractivity contribution is 5.94. The van der Waals surface area contributed by atoms with Crippen LogP contribution in [-0.4, -0.2) is 32.3 Å². The van der Waals surface area contributed by atoms with Crippen molar-refractivity contribution in [2.75, 3.05) is 20.3 Å². The summed E-state index contributed by atoms with van der Waals surface area (Å²) in [4.78, 5) is 12.5. The zero-order valence-electron chi connectivity index (χ0n) is 18.4. The van der Waals surface area contributed by atoms with Gasteiger partial charge < -0.3 is 19.5 Å². The molecule has 0 fully saturated rings. The van der Waals surface area contributed by atoms with Gasteiger partial charge >= 0.3 is 0 Å². The smallest absolute Gasteiger partial charge is 0.251 e. The predicted molar refractivity (Wildman–Crippen MR) is 116 cm³/mol. The molecule has 158 valence electrons. The van der Waals surface area contributed by atoms with Gasteiger partial charge in [-0.3, -0.25) is 4.79 Å². The fraction of sp³-hybridized carbons (Fsp3) is 0.458. The third kappa shape index (κ3) is 6.79. The summed E-state index contributed by atoms with van der Waals surface area (Å²) in [5.74, 6) is 1.36. The molecule has 0 aromatic heterocycles. The van der Waals surface area contributed by atoms with E-state index >= 15 is 0 Å². The second-order valence-electron chi connectivity index (χ2n) is 8.15. The van der Waals surface area contributed by atoms with Crippen LogP contribution in [0.1, 0.15) is 56.1 Å². The van der Waals surface area contributed by atoms with Crippen molar-refractivity contribution in [2.45, 2.75) is 52.7 Å². The average molecular weight is 400 g/mol. The molecule has 1 N–H and O–H groups in total. The lowest BCUT2D eigenvalue weighted by molar-refractivity contribution is 0.0905. The van der Waals surface area contributed by atoms with Crippen LogP contribution in [0.5, 0.6) is 11.5 Å². The van der Waals surface area contributed by atoms with Crippen molar-refractivity contribution >= 4 is 5.91 Å². The Morgan fingerprint density at radius 1 is 1.07 bits per heavy atom. The first-order chi connectivity index (χ1) is 13.7. The topological polar surface area (TPSA) is 56.8 Å². The Morgan fingerprint density at radius 2 is 1.76 bits per heavy atom. The molecule has 0 unspecified atom stereocenters. The number of methoxy groups -OCH3 is 1. The van der Waals surface area contributed by atoms with Crippen molar-refractivity contribution in [2.24, 2.45) is 0 Å². The van der Waals surface area contributed by atoms with Crippen molar-refractivity contribution in [3.05, 3.63) is 59.2 Å². The normalized spacial score (nSPS) is 12.3. The molecule has 2 rings (SSSR count). The van der Waals surface area contributed by atoms with Gasteiger partial charge in [-0.2, -0.15) is 0 Å². The molecule has 0 aliphatic rings. The molecule has 0 heterocycles. The fourth-order valence-electron chi connectivity index (χ4n) is 2.94. The Labute approximate surface area is 174 Å². The van der Waals surface area contributed by atoms with Gasteiger partial charge in [0.25, 0.3) is 5.91 Å². The first-order valence-corrected chi connectivity index (χ1v) is 10.0. The lowest BCUT2D eigenvalue weighted by Crippen LogP contribution is -2.35. The van der Waals surface area contributed by atoms with Crippen LogP contribution in [0, 0.1) is 0 Å². The molecule has 0 aliphatic heterocycles. The van der Waals surface area contributed by atoms with Crippen molar-refractivity contribution in [1.82, 2.24) is 5.32 Å². The zero-order valence-corrected chi connectivity index (χ0v) is 18.4. The number of hydrogen-bond donors (Lipinski definition) is 1. The average Bonchev–Trinajstić information content (AvgIpc) is 2.67. The number of amides is 1. The zero-order chi connectivity index (χ0) is 21.4. The summed E-state index contributed by atoms with van der Waals surface area (Å²) >= 11 is 0. The molecule has 0 spiro atoms. The van der Waals surface area contributed by atoms with E-state index in [1.54, 1.807) is 13.2 Å². The van der Waals surface area contributed by atoms with Gasteiger partial charge in [-0.15, -0.1) is 0 Å². The molecular formula is C24H33NO4. The minimum Gasteiger partial charge on any atom is -0.493 e. The van der Waals surface area contributed by atoms with Gasteiger partial charge in [0.2, 0.25) is 0 Å². The number of benzene rings is 2. The van der Waals surface area contributed by atoms with Crippen molar-refractivity contribution < 1.29 is 19.0 Å².